The predicted molar refractivity (Wildman–Crippen MR) is 152 cm³/mol. The third-order valence-electron chi connectivity index (χ3n) is 8.32. The van der Waals surface area contributed by atoms with E-state index in [4.69, 9.17) is 0 Å². The van der Waals surface area contributed by atoms with E-state index in [1.807, 2.05) is 26.0 Å². The second kappa shape index (κ2) is 11.7. The van der Waals surface area contributed by atoms with Crippen molar-refractivity contribution in [3.8, 4) is 0 Å². The van der Waals surface area contributed by atoms with Crippen molar-refractivity contribution in [2.45, 2.75) is 76.4 Å². The van der Waals surface area contributed by atoms with Crippen LogP contribution >= 0.6 is 0 Å². The fraction of sp³-hybridized carbons (Fsp3) is 0.516. The number of carbonyl (C=O) groups excluding carboxylic acids is 3. The minimum Gasteiger partial charge on any atom is -0.453 e. The maximum absolute atomic E-state index is 13.3. The van der Waals surface area contributed by atoms with Crippen LogP contribution in [0.4, 0.5) is 16.2 Å². The maximum Gasteiger partial charge on any atom is 0.407 e. The van der Waals surface area contributed by atoms with E-state index in [1.54, 1.807) is 4.90 Å². The lowest BCUT2D eigenvalue weighted by atomic mass is 10.0. The third kappa shape index (κ3) is 6.05. The fourth-order valence-electron chi connectivity index (χ4n) is 5.97. The molecule has 2 aromatic rings. The number of hydrogen-bond donors (Lipinski definition) is 2. The second-order valence-electron chi connectivity index (χ2n) is 11.4. The lowest BCUT2D eigenvalue weighted by Gasteiger charge is -2.30. The zero-order valence-electron chi connectivity index (χ0n) is 23.2. The average molecular weight is 533 g/mol. The minimum atomic E-state index is -0.746. The topological polar surface area (TPSA) is 91.0 Å². The Bertz CT molecular complexity index is 1180. The molecule has 3 amide bonds. The van der Waals surface area contributed by atoms with E-state index >= 15 is 0 Å². The molecule has 3 atom stereocenters. The van der Waals surface area contributed by atoms with Gasteiger partial charge in [0.05, 0.1) is 13.2 Å². The second-order valence-corrected chi connectivity index (χ2v) is 11.4. The van der Waals surface area contributed by atoms with Gasteiger partial charge in [-0.25, -0.2) is 4.79 Å². The molecule has 1 aliphatic carbocycles. The molecule has 8 heteroatoms. The van der Waals surface area contributed by atoms with E-state index in [0.717, 1.165) is 37.4 Å². The summed E-state index contributed by atoms with van der Waals surface area (Å²) in [5.41, 5.74) is 4.68. The fourth-order valence-corrected chi connectivity index (χ4v) is 5.97. The number of likely N-dealkylation sites (tertiary alicyclic amines) is 1. The molecule has 208 valence electrons. The number of nitrogens with one attached hydrogen (secondary N) is 2. The van der Waals surface area contributed by atoms with Crippen molar-refractivity contribution in [2.24, 2.45) is 5.92 Å². The van der Waals surface area contributed by atoms with Crippen LogP contribution in [0.1, 0.15) is 75.5 Å². The van der Waals surface area contributed by atoms with Gasteiger partial charge in [0.1, 0.15) is 12.1 Å². The molecule has 8 nitrogen and oxygen atoms in total. The number of carbonyl (C=O) groups is 3. The number of benzene rings is 2. The number of rotatable bonds is 8. The number of amides is 3. The lowest BCUT2D eigenvalue weighted by Crippen LogP contribution is -2.54. The van der Waals surface area contributed by atoms with Gasteiger partial charge in [-0.05, 0) is 85.8 Å². The molecule has 2 saturated heterocycles. The van der Waals surface area contributed by atoms with Gasteiger partial charge in [-0.2, -0.15) is 0 Å². The Hall–Kier alpha value is -3.55. The molecule has 0 aromatic heterocycles. The van der Waals surface area contributed by atoms with Crippen molar-refractivity contribution >= 4 is 29.3 Å². The zero-order valence-corrected chi connectivity index (χ0v) is 23.2. The van der Waals surface area contributed by atoms with Crippen LogP contribution in [0.5, 0.6) is 0 Å². The van der Waals surface area contributed by atoms with E-state index in [0.29, 0.717) is 19.0 Å². The SMILES string of the molecule is COC(=O)N[C@H](C(=O)N1CCC[C@H]1C(=O)Nc1ccc([C@@H]2CCCN2c2ccc(C3CC3)cc2)cc1)C(C)C. The van der Waals surface area contributed by atoms with Crippen LogP contribution in [-0.2, 0) is 14.3 Å². The molecule has 2 N–H and O–H groups in total. The summed E-state index contributed by atoms with van der Waals surface area (Å²) in [6, 6.07) is 16.2. The highest BCUT2D eigenvalue weighted by molar-refractivity contribution is 5.98. The molecule has 2 heterocycles. The van der Waals surface area contributed by atoms with Crippen LogP contribution < -0.4 is 15.5 Å². The molecule has 5 rings (SSSR count). The molecule has 0 radical (unpaired) electrons. The molecule has 0 bridgehead atoms. The van der Waals surface area contributed by atoms with E-state index in [-0.39, 0.29) is 17.7 Å². The van der Waals surface area contributed by atoms with Crippen LogP contribution in [0.2, 0.25) is 0 Å². The van der Waals surface area contributed by atoms with E-state index in [2.05, 4.69) is 56.7 Å². The first-order chi connectivity index (χ1) is 18.9. The first-order valence-corrected chi connectivity index (χ1v) is 14.3. The smallest absolute Gasteiger partial charge is 0.407 e. The summed E-state index contributed by atoms with van der Waals surface area (Å²) in [5.74, 6) is 0.167. The van der Waals surface area contributed by atoms with Crippen LogP contribution in [0.3, 0.4) is 0 Å². The van der Waals surface area contributed by atoms with Crippen LogP contribution in [0.15, 0.2) is 48.5 Å². The molecule has 3 fully saturated rings. The number of methoxy groups -OCH3 is 1. The molecule has 3 aliphatic rings. The van der Waals surface area contributed by atoms with Gasteiger partial charge in [0.2, 0.25) is 11.8 Å². The summed E-state index contributed by atoms with van der Waals surface area (Å²) >= 11 is 0. The van der Waals surface area contributed by atoms with E-state index < -0.39 is 18.2 Å². The molecular formula is C31H40N4O4. The highest BCUT2D eigenvalue weighted by Gasteiger charge is 2.39. The van der Waals surface area contributed by atoms with Crippen molar-refractivity contribution in [2.75, 3.05) is 30.4 Å². The van der Waals surface area contributed by atoms with Crippen molar-refractivity contribution in [1.82, 2.24) is 10.2 Å². The predicted octanol–water partition coefficient (Wildman–Crippen LogP) is 5.22. The number of ether oxygens (including phenoxy) is 1. The maximum atomic E-state index is 13.3. The van der Waals surface area contributed by atoms with Gasteiger partial charge in [0.25, 0.3) is 0 Å². The van der Waals surface area contributed by atoms with Crippen LogP contribution in [0, 0.1) is 5.92 Å². The van der Waals surface area contributed by atoms with Crippen molar-refractivity contribution in [3.63, 3.8) is 0 Å². The summed E-state index contributed by atoms with van der Waals surface area (Å²) in [7, 11) is 1.27. The summed E-state index contributed by atoms with van der Waals surface area (Å²) < 4.78 is 4.69. The van der Waals surface area contributed by atoms with Crippen molar-refractivity contribution < 1.29 is 19.1 Å². The van der Waals surface area contributed by atoms with Crippen molar-refractivity contribution in [1.29, 1.82) is 0 Å². The third-order valence-corrected chi connectivity index (χ3v) is 8.32. The van der Waals surface area contributed by atoms with Gasteiger partial charge >= 0.3 is 6.09 Å². The Morgan fingerprint density at radius 2 is 1.54 bits per heavy atom. The highest BCUT2D eigenvalue weighted by Crippen LogP contribution is 2.42. The molecular weight excluding hydrogens is 492 g/mol. The quantitative estimate of drug-likeness (QED) is 0.487. The summed E-state index contributed by atoms with van der Waals surface area (Å²) in [5, 5.41) is 5.64. The summed E-state index contributed by atoms with van der Waals surface area (Å²) in [6.07, 6.45) is 5.56. The van der Waals surface area contributed by atoms with Crippen molar-refractivity contribution in [3.05, 3.63) is 59.7 Å². The number of hydrogen-bond acceptors (Lipinski definition) is 5. The van der Waals surface area contributed by atoms with Gasteiger partial charge < -0.3 is 25.2 Å². The Kier molecular flexibility index (Phi) is 8.10. The summed E-state index contributed by atoms with van der Waals surface area (Å²) in [4.78, 5) is 42.4. The van der Waals surface area contributed by atoms with Gasteiger partial charge in [0, 0.05) is 24.5 Å². The lowest BCUT2D eigenvalue weighted by molar-refractivity contribution is -0.139. The first-order valence-electron chi connectivity index (χ1n) is 14.3. The Labute approximate surface area is 231 Å². The molecule has 39 heavy (non-hydrogen) atoms. The number of alkyl carbamates (subject to hydrolysis) is 1. The largest absolute Gasteiger partial charge is 0.453 e. The first kappa shape index (κ1) is 27.0. The average Bonchev–Trinajstić information content (AvgIpc) is 3.46. The van der Waals surface area contributed by atoms with Crippen LogP contribution in [0.25, 0.3) is 0 Å². The van der Waals surface area contributed by atoms with Crippen LogP contribution in [-0.4, -0.2) is 55.1 Å². The van der Waals surface area contributed by atoms with E-state index in [1.165, 1.54) is 36.8 Å². The standard InChI is InChI=1S/C31H40N4O4/c1-20(2)28(33-31(38)39-3)30(37)35-19-5-7-27(35)29(36)32-24-14-10-23(11-15-24)26-6-4-18-34(26)25-16-12-22(13-17-25)21-8-9-21/h10-17,20-21,26-28H,4-9,18-19H2,1-3H3,(H,32,36)(H,33,38)/t26-,27-,28-/m0/s1. The van der Waals surface area contributed by atoms with Gasteiger partial charge in [-0.15, -0.1) is 0 Å². The number of anilines is 2. The Morgan fingerprint density at radius 1 is 0.872 bits per heavy atom. The van der Waals surface area contributed by atoms with Gasteiger partial charge in [0.15, 0.2) is 0 Å². The van der Waals surface area contributed by atoms with Gasteiger partial charge in [-0.1, -0.05) is 38.1 Å². The van der Waals surface area contributed by atoms with Gasteiger partial charge in [-0.3, -0.25) is 9.59 Å². The highest BCUT2D eigenvalue weighted by atomic mass is 16.5. The monoisotopic (exact) mass is 532 g/mol. The molecule has 0 unspecified atom stereocenters. The summed E-state index contributed by atoms with van der Waals surface area (Å²) in [6.45, 7) is 5.25. The molecule has 2 aliphatic heterocycles. The molecule has 2 aromatic carbocycles. The number of nitrogens with zero attached hydrogens (tertiary/aromatic N) is 2. The minimum absolute atomic E-state index is 0.139. The Balaban J connectivity index is 1.22. The normalized spacial score (nSPS) is 21.6. The van der Waals surface area contributed by atoms with E-state index in [9.17, 15) is 14.4 Å². The molecule has 0 spiro atoms. The zero-order chi connectivity index (χ0) is 27.5. The Morgan fingerprint density at radius 3 is 2.18 bits per heavy atom. The molecule has 1 saturated carbocycles.